The molecule has 0 bridgehead atoms. The quantitative estimate of drug-likeness (QED) is 0.154. The largest absolute Gasteiger partial charge is 0.311 e. The summed E-state index contributed by atoms with van der Waals surface area (Å²) in [5, 5.41) is 0. The van der Waals surface area contributed by atoms with Crippen LogP contribution in [0.2, 0.25) is 0 Å². The zero-order chi connectivity index (χ0) is 40.0. The third-order valence-electron chi connectivity index (χ3n) is 11.7. The van der Waals surface area contributed by atoms with Gasteiger partial charge in [0.05, 0.1) is 22.8 Å². The summed E-state index contributed by atoms with van der Waals surface area (Å²) < 4.78 is 4.40. The van der Waals surface area contributed by atoms with Gasteiger partial charge in [-0.05, 0) is 101 Å². The number of pyridine rings is 2. The second kappa shape index (κ2) is 14.9. The highest BCUT2D eigenvalue weighted by molar-refractivity contribution is 5.87. The highest BCUT2D eigenvalue weighted by Crippen LogP contribution is 2.41. The van der Waals surface area contributed by atoms with Gasteiger partial charge in [0.2, 0.25) is 0 Å². The van der Waals surface area contributed by atoms with E-state index in [2.05, 4.69) is 221 Å². The molecule has 1 aliphatic rings. The Labute approximate surface area is 349 Å². The molecule has 0 fully saturated rings. The van der Waals surface area contributed by atoms with Crippen molar-refractivity contribution in [1.29, 1.82) is 0 Å². The molecule has 0 saturated carbocycles. The van der Waals surface area contributed by atoms with Crippen LogP contribution < -0.4 is 4.90 Å². The molecule has 0 aliphatic heterocycles. The van der Waals surface area contributed by atoms with Crippen molar-refractivity contribution in [2.45, 2.75) is 13.3 Å². The first-order valence-corrected chi connectivity index (χ1v) is 20.6. The highest BCUT2D eigenvalue weighted by Gasteiger charge is 2.21. The topological polar surface area (TPSA) is 37.8 Å². The smallest absolute Gasteiger partial charge is 0.137 e. The monoisotopic (exact) mass is 771 g/mol. The maximum absolute atomic E-state index is 5.22. The lowest BCUT2D eigenvalue weighted by Gasteiger charge is -2.26. The zero-order valence-corrected chi connectivity index (χ0v) is 33.2. The molecular formula is C55H41N5. The Morgan fingerprint density at radius 1 is 0.450 bits per heavy atom. The van der Waals surface area contributed by atoms with Crippen LogP contribution in [0, 0.1) is 5.92 Å². The van der Waals surface area contributed by atoms with Crippen LogP contribution in [-0.4, -0.2) is 18.8 Å². The summed E-state index contributed by atoms with van der Waals surface area (Å²) in [6, 6.07) is 66.9. The Hall–Kier alpha value is -7.76. The van der Waals surface area contributed by atoms with Gasteiger partial charge < -0.3 is 4.90 Å². The van der Waals surface area contributed by atoms with E-state index in [4.69, 9.17) is 9.97 Å². The van der Waals surface area contributed by atoms with Crippen molar-refractivity contribution in [3.8, 4) is 56.2 Å². The van der Waals surface area contributed by atoms with Crippen LogP contribution >= 0.6 is 0 Å². The SMILES string of the molecule is CC1C=Cc2ccc(-c3nc4ccccn4c3-c3ccc(N(c4ccc(-c5ccccc5)cc4)c4ccc(-c5c(-c6ccccc6)nc6ccccn56)cc4)cc3)cc2C1. The van der Waals surface area contributed by atoms with Crippen molar-refractivity contribution in [2.75, 3.05) is 4.90 Å². The fourth-order valence-corrected chi connectivity index (χ4v) is 8.73. The molecule has 11 rings (SSSR count). The maximum atomic E-state index is 5.22. The molecule has 0 radical (unpaired) electrons. The van der Waals surface area contributed by atoms with Crippen LogP contribution in [-0.2, 0) is 6.42 Å². The van der Waals surface area contributed by atoms with Gasteiger partial charge in [0.15, 0.2) is 0 Å². The Balaban J connectivity index is 1.01. The molecule has 0 saturated heterocycles. The predicted octanol–water partition coefficient (Wildman–Crippen LogP) is 14.0. The summed E-state index contributed by atoms with van der Waals surface area (Å²) >= 11 is 0. The van der Waals surface area contributed by atoms with E-state index < -0.39 is 0 Å². The molecule has 286 valence electrons. The average Bonchev–Trinajstić information content (AvgIpc) is 3.90. The van der Waals surface area contributed by atoms with Crippen molar-refractivity contribution in [2.24, 2.45) is 5.92 Å². The number of benzene rings is 6. The molecule has 0 N–H and O–H groups in total. The van der Waals surface area contributed by atoms with E-state index in [1.807, 2.05) is 12.1 Å². The number of allylic oxidation sites excluding steroid dienone is 1. The molecule has 60 heavy (non-hydrogen) atoms. The Morgan fingerprint density at radius 2 is 0.900 bits per heavy atom. The van der Waals surface area contributed by atoms with E-state index in [0.717, 1.165) is 79.8 Å². The summed E-state index contributed by atoms with van der Waals surface area (Å²) in [5.41, 5.74) is 18.6. The number of nitrogens with zero attached hydrogens (tertiary/aromatic N) is 5. The third-order valence-corrected chi connectivity index (χ3v) is 11.7. The molecular weight excluding hydrogens is 731 g/mol. The first-order chi connectivity index (χ1) is 29.6. The van der Waals surface area contributed by atoms with Crippen molar-refractivity contribution in [3.05, 3.63) is 218 Å². The summed E-state index contributed by atoms with van der Waals surface area (Å²) in [6.45, 7) is 2.28. The number of fused-ring (bicyclic) bond motifs is 3. The van der Waals surface area contributed by atoms with E-state index in [0.29, 0.717) is 5.92 Å². The molecule has 10 aromatic rings. The molecule has 1 aliphatic carbocycles. The van der Waals surface area contributed by atoms with E-state index in [1.54, 1.807) is 0 Å². The highest BCUT2D eigenvalue weighted by atomic mass is 15.1. The number of imidazole rings is 2. The van der Waals surface area contributed by atoms with Crippen molar-refractivity contribution < 1.29 is 0 Å². The van der Waals surface area contributed by atoms with Gasteiger partial charge in [-0.2, -0.15) is 0 Å². The predicted molar refractivity (Wildman–Crippen MR) is 248 cm³/mol. The number of aromatic nitrogens is 4. The average molecular weight is 772 g/mol. The van der Waals surface area contributed by atoms with Gasteiger partial charge in [-0.25, -0.2) is 9.97 Å². The van der Waals surface area contributed by atoms with E-state index >= 15 is 0 Å². The van der Waals surface area contributed by atoms with Crippen molar-refractivity contribution >= 4 is 34.4 Å². The fraction of sp³-hybridized carbons (Fsp3) is 0.0545. The van der Waals surface area contributed by atoms with Crippen LogP contribution in [0.25, 0.3) is 73.5 Å². The molecule has 0 spiro atoms. The van der Waals surface area contributed by atoms with E-state index in [9.17, 15) is 0 Å². The van der Waals surface area contributed by atoms with Gasteiger partial charge in [0, 0.05) is 51.7 Å². The van der Waals surface area contributed by atoms with Gasteiger partial charge >= 0.3 is 0 Å². The molecule has 4 aromatic heterocycles. The second-order valence-corrected chi connectivity index (χ2v) is 15.6. The molecule has 6 aromatic carbocycles. The minimum absolute atomic E-state index is 0.521. The lowest BCUT2D eigenvalue weighted by atomic mass is 9.89. The molecule has 5 nitrogen and oxygen atoms in total. The molecule has 1 unspecified atom stereocenters. The summed E-state index contributed by atoms with van der Waals surface area (Å²) in [6.07, 6.45) is 9.81. The normalized spacial score (nSPS) is 13.4. The van der Waals surface area contributed by atoms with Crippen LogP contribution in [0.3, 0.4) is 0 Å². The second-order valence-electron chi connectivity index (χ2n) is 15.6. The first kappa shape index (κ1) is 35.4. The molecule has 1 atom stereocenters. The van der Waals surface area contributed by atoms with Crippen LogP contribution in [0.15, 0.2) is 207 Å². The number of rotatable bonds is 8. The third kappa shape index (κ3) is 6.37. The van der Waals surface area contributed by atoms with Crippen molar-refractivity contribution in [1.82, 2.24) is 18.8 Å². The van der Waals surface area contributed by atoms with Gasteiger partial charge in [-0.1, -0.05) is 140 Å². The molecule has 0 amide bonds. The standard InChI is InChI=1S/C55H41N5/c1-38-18-19-41-20-21-45(37-46(41)36-38)53-55(59-35-11-9-17-51(59)57-53)44-26-32-49(33-27-44)60(47-28-22-40(23-29-47)39-12-4-2-5-13-39)48-30-24-43(25-31-48)54-52(42-14-6-3-7-15-42)56-50-16-8-10-34-58(50)54/h2-35,37-38H,36H2,1H3. The summed E-state index contributed by atoms with van der Waals surface area (Å²) in [4.78, 5) is 12.6. The number of hydrogen-bond acceptors (Lipinski definition) is 3. The zero-order valence-electron chi connectivity index (χ0n) is 33.2. The van der Waals surface area contributed by atoms with Gasteiger partial charge in [0.25, 0.3) is 0 Å². The minimum atomic E-state index is 0.521. The Bertz CT molecular complexity index is 3160. The summed E-state index contributed by atoms with van der Waals surface area (Å²) in [7, 11) is 0. The number of hydrogen-bond donors (Lipinski definition) is 0. The number of anilines is 3. The van der Waals surface area contributed by atoms with Crippen molar-refractivity contribution in [3.63, 3.8) is 0 Å². The lowest BCUT2D eigenvalue weighted by molar-refractivity contribution is 0.717. The van der Waals surface area contributed by atoms with E-state index in [-0.39, 0.29) is 0 Å². The van der Waals surface area contributed by atoms with Crippen LogP contribution in [0.5, 0.6) is 0 Å². The molecule has 5 heteroatoms. The van der Waals surface area contributed by atoms with E-state index in [1.165, 1.54) is 22.3 Å². The first-order valence-electron chi connectivity index (χ1n) is 20.6. The van der Waals surface area contributed by atoms with Crippen LogP contribution in [0.4, 0.5) is 17.1 Å². The van der Waals surface area contributed by atoms with Crippen LogP contribution in [0.1, 0.15) is 18.1 Å². The minimum Gasteiger partial charge on any atom is -0.311 e. The maximum Gasteiger partial charge on any atom is 0.137 e. The summed E-state index contributed by atoms with van der Waals surface area (Å²) in [5.74, 6) is 0.521. The lowest BCUT2D eigenvalue weighted by Crippen LogP contribution is -2.10. The van der Waals surface area contributed by atoms with Gasteiger partial charge in [0.1, 0.15) is 11.3 Å². The Kier molecular flexibility index (Phi) is 8.78. The van der Waals surface area contributed by atoms with Gasteiger partial charge in [-0.15, -0.1) is 0 Å². The Morgan fingerprint density at radius 3 is 1.45 bits per heavy atom. The van der Waals surface area contributed by atoms with Gasteiger partial charge in [-0.3, -0.25) is 8.80 Å². The molecule has 4 heterocycles. The fourth-order valence-electron chi connectivity index (χ4n) is 8.73.